The van der Waals surface area contributed by atoms with E-state index in [4.69, 9.17) is 5.73 Å². The van der Waals surface area contributed by atoms with Crippen molar-refractivity contribution in [1.29, 1.82) is 0 Å². The fourth-order valence-corrected chi connectivity index (χ4v) is 2.11. The fraction of sp³-hybridized carbons (Fsp3) is 0.333. The highest BCUT2D eigenvalue weighted by atomic mass is 16.3. The van der Waals surface area contributed by atoms with Gasteiger partial charge in [0.05, 0.1) is 5.60 Å². The highest BCUT2D eigenvalue weighted by molar-refractivity contribution is 5.75. The van der Waals surface area contributed by atoms with Crippen LogP contribution in [0.1, 0.15) is 24.8 Å². The molecule has 1 aromatic carbocycles. The number of hydrogen-bond donors (Lipinski definition) is 2. The van der Waals surface area contributed by atoms with Gasteiger partial charge in [0, 0.05) is 0 Å². The van der Waals surface area contributed by atoms with Crippen LogP contribution in [0.4, 0.5) is 0 Å². The maximum absolute atomic E-state index is 10.3. The second-order valence-corrected chi connectivity index (χ2v) is 4.56. The minimum Gasteiger partial charge on any atom is -0.385 e. The molecular weight excluding hydrogens is 210 g/mol. The van der Waals surface area contributed by atoms with Crippen LogP contribution in [-0.4, -0.2) is 17.3 Å². The highest BCUT2D eigenvalue weighted by Gasteiger charge is 2.24. The summed E-state index contributed by atoms with van der Waals surface area (Å²) >= 11 is 0. The van der Waals surface area contributed by atoms with E-state index >= 15 is 0 Å². The maximum atomic E-state index is 10.3. The molecule has 0 amide bonds. The third-order valence-electron chi connectivity index (χ3n) is 3.17. The highest BCUT2D eigenvalue weighted by Crippen LogP contribution is 2.29. The van der Waals surface area contributed by atoms with Crippen LogP contribution < -0.4 is 5.73 Å². The van der Waals surface area contributed by atoms with Crippen molar-refractivity contribution >= 4 is 5.57 Å². The third-order valence-corrected chi connectivity index (χ3v) is 3.17. The molecule has 2 nitrogen and oxygen atoms in total. The molecule has 2 heteroatoms. The van der Waals surface area contributed by atoms with E-state index in [2.05, 4.69) is 18.2 Å². The molecule has 0 heterocycles. The number of allylic oxidation sites excluding steroid dienone is 2. The van der Waals surface area contributed by atoms with Gasteiger partial charge in [0.2, 0.25) is 0 Å². The molecule has 0 spiro atoms. The van der Waals surface area contributed by atoms with E-state index in [1.807, 2.05) is 30.4 Å². The summed E-state index contributed by atoms with van der Waals surface area (Å²) in [5.41, 5.74) is 7.16. The van der Waals surface area contributed by atoms with Crippen molar-refractivity contribution < 1.29 is 5.11 Å². The lowest BCUT2D eigenvalue weighted by Gasteiger charge is -2.26. The van der Waals surface area contributed by atoms with Gasteiger partial charge < -0.3 is 10.8 Å². The first kappa shape index (κ1) is 12.1. The topological polar surface area (TPSA) is 46.2 Å². The first-order chi connectivity index (χ1) is 8.23. The van der Waals surface area contributed by atoms with Crippen molar-refractivity contribution in [3.63, 3.8) is 0 Å². The van der Waals surface area contributed by atoms with Gasteiger partial charge in [-0.3, -0.25) is 0 Å². The average Bonchev–Trinajstić information content (AvgIpc) is 2.38. The summed E-state index contributed by atoms with van der Waals surface area (Å²) in [5, 5.41) is 10.3. The lowest BCUT2D eigenvalue weighted by atomic mass is 9.86. The molecular formula is C15H19NO. The summed E-state index contributed by atoms with van der Waals surface area (Å²) in [4.78, 5) is 0. The minimum absolute atomic E-state index is 0.630. The Labute approximate surface area is 102 Å². The lowest BCUT2D eigenvalue weighted by Crippen LogP contribution is -2.27. The monoisotopic (exact) mass is 229 g/mol. The zero-order valence-electron chi connectivity index (χ0n) is 9.97. The molecule has 90 valence electrons. The SMILES string of the molecule is NCCCC1(O)C=CC(c2ccccc2)=CC1. The van der Waals surface area contributed by atoms with E-state index in [1.165, 1.54) is 11.1 Å². The molecule has 3 N–H and O–H groups in total. The zero-order chi connectivity index (χ0) is 12.1. The van der Waals surface area contributed by atoms with Gasteiger partial charge in [0.25, 0.3) is 0 Å². The van der Waals surface area contributed by atoms with Gasteiger partial charge in [-0.15, -0.1) is 0 Å². The third kappa shape index (κ3) is 3.05. The van der Waals surface area contributed by atoms with Gasteiger partial charge in [-0.25, -0.2) is 0 Å². The second-order valence-electron chi connectivity index (χ2n) is 4.56. The van der Waals surface area contributed by atoms with E-state index in [1.54, 1.807) is 0 Å². The van der Waals surface area contributed by atoms with Gasteiger partial charge in [0.15, 0.2) is 0 Å². The van der Waals surface area contributed by atoms with Crippen LogP contribution in [-0.2, 0) is 0 Å². The molecule has 0 saturated heterocycles. The molecule has 1 atom stereocenters. The molecule has 0 aromatic heterocycles. The number of aliphatic hydroxyl groups is 1. The molecule has 1 aromatic rings. The van der Waals surface area contributed by atoms with E-state index < -0.39 is 5.60 Å². The van der Waals surface area contributed by atoms with Crippen LogP contribution >= 0.6 is 0 Å². The van der Waals surface area contributed by atoms with Gasteiger partial charge in [0.1, 0.15) is 0 Å². The maximum Gasteiger partial charge on any atom is 0.0866 e. The summed E-state index contributed by atoms with van der Waals surface area (Å²) in [6.45, 7) is 0.630. The van der Waals surface area contributed by atoms with Gasteiger partial charge in [-0.2, -0.15) is 0 Å². The molecule has 1 aliphatic rings. The predicted molar refractivity (Wildman–Crippen MR) is 71.4 cm³/mol. The standard InChI is InChI=1S/C15H19NO/c16-12-4-9-15(17)10-7-14(8-11-15)13-5-2-1-3-6-13/h1-3,5-8,10,17H,4,9,11-12,16H2. The summed E-state index contributed by atoms with van der Waals surface area (Å²) in [5.74, 6) is 0. The van der Waals surface area contributed by atoms with Crippen LogP contribution in [0, 0.1) is 0 Å². The quantitative estimate of drug-likeness (QED) is 0.833. The molecule has 1 aliphatic carbocycles. The van der Waals surface area contributed by atoms with Gasteiger partial charge in [-0.1, -0.05) is 48.6 Å². The van der Waals surface area contributed by atoms with Crippen LogP contribution in [0.15, 0.2) is 48.6 Å². The normalized spacial score (nSPS) is 23.5. The molecule has 1 unspecified atom stereocenters. The second kappa shape index (κ2) is 5.30. The lowest BCUT2D eigenvalue weighted by molar-refractivity contribution is 0.0822. The molecule has 0 saturated carbocycles. The summed E-state index contributed by atoms with van der Waals surface area (Å²) in [6.07, 6.45) is 8.29. The van der Waals surface area contributed by atoms with Crippen molar-refractivity contribution in [1.82, 2.24) is 0 Å². The largest absolute Gasteiger partial charge is 0.385 e. The number of benzene rings is 1. The zero-order valence-corrected chi connectivity index (χ0v) is 9.97. The van der Waals surface area contributed by atoms with Crippen LogP contribution in [0.25, 0.3) is 5.57 Å². The smallest absolute Gasteiger partial charge is 0.0866 e. The molecule has 0 fully saturated rings. The molecule has 2 rings (SSSR count). The molecule has 0 bridgehead atoms. The molecule has 0 aliphatic heterocycles. The number of hydrogen-bond acceptors (Lipinski definition) is 2. The molecule has 0 radical (unpaired) electrons. The first-order valence-corrected chi connectivity index (χ1v) is 6.11. The predicted octanol–water partition coefficient (Wildman–Crippen LogP) is 2.50. The summed E-state index contributed by atoms with van der Waals surface area (Å²) in [6, 6.07) is 10.2. The minimum atomic E-state index is -0.697. The number of rotatable bonds is 4. The van der Waals surface area contributed by atoms with Crippen molar-refractivity contribution in [2.24, 2.45) is 5.73 Å². The first-order valence-electron chi connectivity index (χ1n) is 6.11. The Hall–Kier alpha value is -1.38. The van der Waals surface area contributed by atoms with E-state index in [-0.39, 0.29) is 0 Å². The Morgan fingerprint density at radius 3 is 2.59 bits per heavy atom. The average molecular weight is 229 g/mol. The van der Waals surface area contributed by atoms with Crippen molar-refractivity contribution in [2.45, 2.75) is 24.9 Å². The Kier molecular flexibility index (Phi) is 3.77. The van der Waals surface area contributed by atoms with Gasteiger partial charge in [-0.05, 0) is 36.9 Å². The molecule has 17 heavy (non-hydrogen) atoms. The van der Waals surface area contributed by atoms with Crippen LogP contribution in [0.3, 0.4) is 0 Å². The van der Waals surface area contributed by atoms with Crippen molar-refractivity contribution in [3.8, 4) is 0 Å². The Balaban J connectivity index is 2.06. The Morgan fingerprint density at radius 1 is 1.24 bits per heavy atom. The van der Waals surface area contributed by atoms with Gasteiger partial charge >= 0.3 is 0 Å². The van der Waals surface area contributed by atoms with Crippen LogP contribution in [0.2, 0.25) is 0 Å². The fourth-order valence-electron chi connectivity index (χ4n) is 2.11. The van der Waals surface area contributed by atoms with E-state index in [9.17, 15) is 5.11 Å². The van der Waals surface area contributed by atoms with Crippen LogP contribution in [0.5, 0.6) is 0 Å². The van der Waals surface area contributed by atoms with Crippen molar-refractivity contribution in [2.75, 3.05) is 6.54 Å². The Bertz CT molecular complexity index is 422. The number of nitrogens with two attached hydrogens (primary N) is 1. The summed E-state index contributed by atoms with van der Waals surface area (Å²) < 4.78 is 0. The van der Waals surface area contributed by atoms with E-state index in [0.717, 1.165) is 12.8 Å². The summed E-state index contributed by atoms with van der Waals surface area (Å²) in [7, 11) is 0. The Morgan fingerprint density at radius 2 is 2.00 bits per heavy atom. The van der Waals surface area contributed by atoms with Crippen molar-refractivity contribution in [3.05, 3.63) is 54.1 Å². The van der Waals surface area contributed by atoms with E-state index in [0.29, 0.717) is 13.0 Å².